The van der Waals surface area contributed by atoms with Crippen LogP contribution < -0.4 is 5.32 Å². The maximum atomic E-state index is 12.8. The molecule has 8 heteroatoms. The van der Waals surface area contributed by atoms with E-state index in [9.17, 15) is 19.7 Å². The van der Waals surface area contributed by atoms with Gasteiger partial charge in [0, 0.05) is 6.07 Å². The van der Waals surface area contributed by atoms with E-state index in [-0.39, 0.29) is 23.7 Å². The molecule has 0 aromatic heterocycles. The number of thioether (sulfide) groups is 1. The highest BCUT2D eigenvalue weighted by atomic mass is 32.2. The molecule has 0 aliphatic heterocycles. The van der Waals surface area contributed by atoms with Crippen LogP contribution in [-0.4, -0.2) is 29.2 Å². The zero-order valence-corrected chi connectivity index (χ0v) is 15.8. The summed E-state index contributed by atoms with van der Waals surface area (Å²) in [6.07, 6.45) is 0. The van der Waals surface area contributed by atoms with E-state index in [1.807, 2.05) is 6.07 Å². The van der Waals surface area contributed by atoms with Crippen LogP contribution in [0.3, 0.4) is 0 Å². The first-order valence-electron chi connectivity index (χ1n) is 8.30. The second-order valence-electron chi connectivity index (χ2n) is 5.67. The summed E-state index contributed by atoms with van der Waals surface area (Å²) in [6, 6.07) is 13.5. The van der Waals surface area contributed by atoms with Crippen LogP contribution in [0.1, 0.15) is 23.3 Å². The topological polar surface area (TPSA) is 98.5 Å². The van der Waals surface area contributed by atoms with Crippen LogP contribution in [-0.2, 0) is 14.3 Å². The number of nitro benzene ring substituents is 1. The summed E-state index contributed by atoms with van der Waals surface area (Å²) in [5.74, 6) is -0.864. The van der Waals surface area contributed by atoms with Crippen molar-refractivity contribution in [2.24, 2.45) is 0 Å². The molecule has 2 rings (SSSR count). The highest BCUT2D eigenvalue weighted by Crippen LogP contribution is 2.32. The number of aryl methyl sites for hydroxylation is 1. The summed E-state index contributed by atoms with van der Waals surface area (Å²) in [5, 5.41) is 13.2. The van der Waals surface area contributed by atoms with E-state index in [1.54, 1.807) is 44.2 Å². The number of nitrogens with one attached hydrogen (secondary N) is 1. The average molecular weight is 388 g/mol. The number of nitro groups is 1. The minimum Gasteiger partial charge on any atom is -0.465 e. The third-order valence-corrected chi connectivity index (χ3v) is 4.84. The van der Waals surface area contributed by atoms with Gasteiger partial charge in [-0.05, 0) is 31.0 Å². The normalized spacial score (nSPS) is 11.5. The maximum absolute atomic E-state index is 12.8. The van der Waals surface area contributed by atoms with Gasteiger partial charge in [-0.3, -0.25) is 19.7 Å². The summed E-state index contributed by atoms with van der Waals surface area (Å²) in [6.45, 7) is 3.71. The standard InChI is InChI=1S/C19H20N2O5S/c1-3-26-17(22)12-27-18(14-7-5-4-6-8-14)19(23)20-15-10-9-13(2)11-16(15)21(24)25/h4-11,18H,3,12H2,1-2H3,(H,20,23)/t18-/m0/s1. The first-order chi connectivity index (χ1) is 12.9. The molecule has 0 aliphatic rings. The van der Waals surface area contributed by atoms with Gasteiger partial charge < -0.3 is 10.1 Å². The van der Waals surface area contributed by atoms with Crippen molar-refractivity contribution in [3.05, 3.63) is 69.8 Å². The van der Waals surface area contributed by atoms with E-state index in [4.69, 9.17) is 4.74 Å². The van der Waals surface area contributed by atoms with Gasteiger partial charge >= 0.3 is 5.97 Å². The lowest BCUT2D eigenvalue weighted by Crippen LogP contribution is -2.21. The predicted molar refractivity (Wildman–Crippen MR) is 105 cm³/mol. The van der Waals surface area contributed by atoms with E-state index < -0.39 is 22.0 Å². The Morgan fingerprint density at radius 1 is 1.22 bits per heavy atom. The summed E-state index contributed by atoms with van der Waals surface area (Å²) in [4.78, 5) is 35.2. The lowest BCUT2D eigenvalue weighted by Gasteiger charge is -2.17. The Hall–Kier alpha value is -2.87. The number of amides is 1. The van der Waals surface area contributed by atoms with Crippen molar-refractivity contribution in [1.29, 1.82) is 0 Å². The molecule has 1 amide bonds. The Balaban J connectivity index is 2.24. The number of anilines is 1. The first kappa shape index (κ1) is 20.4. The Morgan fingerprint density at radius 2 is 1.93 bits per heavy atom. The van der Waals surface area contributed by atoms with E-state index in [2.05, 4.69) is 5.32 Å². The number of esters is 1. The van der Waals surface area contributed by atoms with Crippen molar-refractivity contribution < 1.29 is 19.2 Å². The van der Waals surface area contributed by atoms with Gasteiger partial charge in [0.05, 0.1) is 17.3 Å². The molecule has 0 radical (unpaired) electrons. The minimum atomic E-state index is -0.712. The molecule has 0 spiro atoms. The maximum Gasteiger partial charge on any atom is 0.315 e. The molecular weight excluding hydrogens is 368 g/mol. The number of carbonyl (C=O) groups is 2. The van der Waals surface area contributed by atoms with Crippen molar-refractivity contribution in [3.8, 4) is 0 Å². The smallest absolute Gasteiger partial charge is 0.315 e. The Labute approximate surface area is 161 Å². The van der Waals surface area contributed by atoms with Crippen molar-refractivity contribution in [2.45, 2.75) is 19.1 Å². The monoisotopic (exact) mass is 388 g/mol. The molecule has 0 saturated carbocycles. The molecule has 7 nitrogen and oxygen atoms in total. The van der Waals surface area contributed by atoms with E-state index in [0.29, 0.717) is 5.56 Å². The summed E-state index contributed by atoms with van der Waals surface area (Å²) >= 11 is 1.11. The fourth-order valence-electron chi connectivity index (χ4n) is 2.40. The van der Waals surface area contributed by atoms with Gasteiger partial charge in [-0.25, -0.2) is 0 Å². The van der Waals surface area contributed by atoms with Crippen molar-refractivity contribution >= 4 is 35.0 Å². The van der Waals surface area contributed by atoms with Gasteiger partial charge in [0.25, 0.3) is 5.69 Å². The molecular formula is C19H20N2O5S. The zero-order chi connectivity index (χ0) is 19.8. The number of hydrogen-bond donors (Lipinski definition) is 1. The van der Waals surface area contributed by atoms with Crippen molar-refractivity contribution in [3.63, 3.8) is 0 Å². The number of carbonyl (C=O) groups excluding carboxylic acids is 2. The van der Waals surface area contributed by atoms with Crippen LogP contribution in [0.15, 0.2) is 48.5 Å². The largest absolute Gasteiger partial charge is 0.465 e. The van der Waals surface area contributed by atoms with Gasteiger partial charge in [0.15, 0.2) is 0 Å². The molecule has 27 heavy (non-hydrogen) atoms. The molecule has 0 fully saturated rings. The van der Waals surface area contributed by atoms with Crippen LogP contribution in [0, 0.1) is 17.0 Å². The summed E-state index contributed by atoms with van der Waals surface area (Å²) in [7, 11) is 0. The van der Waals surface area contributed by atoms with Gasteiger partial charge in [0.2, 0.25) is 5.91 Å². The summed E-state index contributed by atoms with van der Waals surface area (Å²) < 4.78 is 4.91. The SMILES string of the molecule is CCOC(=O)CS[C@H](C(=O)Nc1ccc(C)cc1[N+](=O)[O-])c1ccccc1. The second kappa shape index (κ2) is 9.72. The number of ether oxygens (including phenoxy) is 1. The summed E-state index contributed by atoms with van der Waals surface area (Å²) in [5.41, 5.74) is 1.36. The quantitative estimate of drug-likeness (QED) is 0.419. The second-order valence-corrected chi connectivity index (χ2v) is 6.77. The van der Waals surface area contributed by atoms with Crippen LogP contribution in [0.2, 0.25) is 0 Å². The minimum absolute atomic E-state index is 0.00316. The predicted octanol–water partition coefficient (Wildman–Crippen LogP) is 3.88. The highest BCUT2D eigenvalue weighted by molar-refractivity contribution is 8.00. The van der Waals surface area contributed by atoms with Crippen LogP contribution >= 0.6 is 11.8 Å². The van der Waals surface area contributed by atoms with Crippen molar-refractivity contribution in [1.82, 2.24) is 0 Å². The lowest BCUT2D eigenvalue weighted by atomic mass is 10.1. The van der Waals surface area contributed by atoms with Gasteiger partial charge in [-0.15, -0.1) is 11.8 Å². The lowest BCUT2D eigenvalue weighted by molar-refractivity contribution is -0.384. The van der Waals surface area contributed by atoms with E-state index >= 15 is 0 Å². The fraction of sp³-hybridized carbons (Fsp3) is 0.263. The van der Waals surface area contributed by atoms with Gasteiger partial charge in [-0.2, -0.15) is 0 Å². The number of hydrogen-bond acceptors (Lipinski definition) is 6. The Morgan fingerprint density at radius 3 is 2.56 bits per heavy atom. The molecule has 0 heterocycles. The van der Waals surface area contributed by atoms with Crippen molar-refractivity contribution in [2.75, 3.05) is 17.7 Å². The molecule has 1 atom stereocenters. The van der Waals surface area contributed by atoms with E-state index in [1.165, 1.54) is 12.1 Å². The number of rotatable bonds is 8. The van der Waals surface area contributed by atoms with Crippen LogP contribution in [0.5, 0.6) is 0 Å². The first-order valence-corrected chi connectivity index (χ1v) is 9.35. The third-order valence-electron chi connectivity index (χ3n) is 3.62. The van der Waals surface area contributed by atoms with Crippen LogP contribution in [0.25, 0.3) is 0 Å². The fourth-order valence-corrected chi connectivity index (χ4v) is 3.35. The number of benzene rings is 2. The molecule has 2 aromatic carbocycles. The molecule has 0 unspecified atom stereocenters. The molecule has 1 N–H and O–H groups in total. The average Bonchev–Trinajstić information content (AvgIpc) is 2.64. The number of nitrogens with zero attached hydrogens (tertiary/aromatic N) is 1. The van der Waals surface area contributed by atoms with Gasteiger partial charge in [0.1, 0.15) is 10.9 Å². The molecule has 0 aliphatic carbocycles. The molecule has 2 aromatic rings. The highest BCUT2D eigenvalue weighted by Gasteiger charge is 2.25. The van der Waals surface area contributed by atoms with Gasteiger partial charge in [-0.1, -0.05) is 36.4 Å². The molecule has 0 bridgehead atoms. The Bertz CT molecular complexity index is 826. The third kappa shape index (κ3) is 5.82. The van der Waals surface area contributed by atoms with Crippen LogP contribution in [0.4, 0.5) is 11.4 Å². The Kier molecular flexibility index (Phi) is 7.36. The zero-order valence-electron chi connectivity index (χ0n) is 15.0. The van der Waals surface area contributed by atoms with E-state index in [0.717, 1.165) is 17.3 Å². The molecule has 142 valence electrons. The molecule has 0 saturated heterocycles.